The quantitative estimate of drug-likeness (QED) is 0.537. The van der Waals surface area contributed by atoms with Gasteiger partial charge in [-0.2, -0.15) is 35.4 Å². The molecule has 0 fully saturated rings. The molecule has 0 spiro atoms. The van der Waals surface area contributed by atoms with Crippen molar-refractivity contribution in [2.75, 3.05) is 0 Å². The van der Waals surface area contributed by atoms with Gasteiger partial charge in [0.05, 0.1) is 0 Å². The van der Waals surface area contributed by atoms with Crippen molar-refractivity contribution >= 4 is 0 Å². The van der Waals surface area contributed by atoms with E-state index in [1.165, 1.54) is 24.0 Å². The first-order valence-electron chi connectivity index (χ1n) is 6.99. The van der Waals surface area contributed by atoms with E-state index in [0.717, 1.165) is 11.8 Å². The average Bonchev–Trinajstić information content (AvgIpc) is 2.90. The minimum Gasteiger partial charge on any atom is -0.213 e. The van der Waals surface area contributed by atoms with Gasteiger partial charge in [-0.05, 0) is 0 Å². The van der Waals surface area contributed by atoms with Crippen LogP contribution in [0.5, 0.6) is 0 Å². The van der Waals surface area contributed by atoms with Crippen molar-refractivity contribution in [2.24, 2.45) is 11.8 Å². The van der Waals surface area contributed by atoms with Crippen LogP contribution in [0.15, 0.2) is 48.5 Å². The third-order valence-corrected chi connectivity index (χ3v) is 2.75. The molecule has 19 heavy (non-hydrogen) atoms. The van der Waals surface area contributed by atoms with E-state index in [1.807, 2.05) is 0 Å². The standard InChI is InChI=1S/2C9H13.Ni/c2*1-8(2)7-9-5-3-4-6-9;/h2*3-6,8H,7H2,1-2H3;/q2*-1;+2. The number of hydrogen-bond donors (Lipinski definition) is 0. The maximum absolute atomic E-state index is 2.24. The largest absolute Gasteiger partial charge is 2.00 e. The van der Waals surface area contributed by atoms with Crippen molar-refractivity contribution in [1.82, 2.24) is 0 Å². The first-order valence-corrected chi connectivity index (χ1v) is 6.99. The SMILES string of the molecule is CC(C)C[c-]1cccc1.CC(C)C[c-]1cccc1.[Ni+2]. The summed E-state index contributed by atoms with van der Waals surface area (Å²) in [6.45, 7) is 8.97. The predicted octanol–water partition coefficient (Wildman–Crippen LogP) is 5.21. The molecule has 0 N–H and O–H groups in total. The van der Waals surface area contributed by atoms with Gasteiger partial charge in [-0.25, -0.2) is 24.3 Å². The molecule has 0 radical (unpaired) electrons. The van der Waals surface area contributed by atoms with Crippen LogP contribution >= 0.6 is 0 Å². The first-order chi connectivity index (χ1) is 8.58. The minimum atomic E-state index is 0. The molecule has 0 amide bonds. The van der Waals surface area contributed by atoms with Crippen molar-refractivity contribution in [3.63, 3.8) is 0 Å². The van der Waals surface area contributed by atoms with Crippen molar-refractivity contribution in [3.05, 3.63) is 59.7 Å². The zero-order valence-corrected chi connectivity index (χ0v) is 13.5. The smallest absolute Gasteiger partial charge is 0.213 e. The van der Waals surface area contributed by atoms with Crippen molar-refractivity contribution in [2.45, 2.75) is 40.5 Å². The summed E-state index contributed by atoms with van der Waals surface area (Å²) < 4.78 is 0. The molecule has 0 aliphatic rings. The van der Waals surface area contributed by atoms with Crippen LogP contribution in [0.25, 0.3) is 0 Å². The van der Waals surface area contributed by atoms with Gasteiger partial charge in [0.15, 0.2) is 0 Å². The van der Waals surface area contributed by atoms with Crippen molar-refractivity contribution in [1.29, 1.82) is 0 Å². The van der Waals surface area contributed by atoms with E-state index in [2.05, 4.69) is 76.2 Å². The van der Waals surface area contributed by atoms with Gasteiger partial charge in [0, 0.05) is 0 Å². The fourth-order valence-electron chi connectivity index (χ4n) is 2.04. The summed E-state index contributed by atoms with van der Waals surface area (Å²) >= 11 is 0. The van der Waals surface area contributed by atoms with Crippen LogP contribution in [0.3, 0.4) is 0 Å². The maximum atomic E-state index is 2.24. The molecule has 2 aromatic rings. The third-order valence-electron chi connectivity index (χ3n) is 2.75. The average molecular weight is 301 g/mol. The van der Waals surface area contributed by atoms with E-state index >= 15 is 0 Å². The molecule has 0 aliphatic heterocycles. The summed E-state index contributed by atoms with van der Waals surface area (Å²) in [5, 5.41) is 0. The number of rotatable bonds is 4. The van der Waals surface area contributed by atoms with Gasteiger partial charge < -0.3 is 0 Å². The van der Waals surface area contributed by atoms with Gasteiger partial charge in [0.1, 0.15) is 0 Å². The second-order valence-electron chi connectivity index (χ2n) is 5.78. The summed E-state index contributed by atoms with van der Waals surface area (Å²) in [6, 6.07) is 17.1. The Hall–Kier alpha value is -0.806. The van der Waals surface area contributed by atoms with Crippen LogP contribution < -0.4 is 0 Å². The van der Waals surface area contributed by atoms with Crippen LogP contribution in [0.1, 0.15) is 38.8 Å². The summed E-state index contributed by atoms with van der Waals surface area (Å²) in [6.07, 6.45) is 2.43. The summed E-state index contributed by atoms with van der Waals surface area (Å²) in [4.78, 5) is 0. The van der Waals surface area contributed by atoms with Gasteiger partial charge in [-0.3, -0.25) is 0 Å². The molecular formula is C18H26Ni. The van der Waals surface area contributed by atoms with Crippen LogP contribution in [-0.4, -0.2) is 0 Å². The zero-order chi connectivity index (χ0) is 13.4. The fourth-order valence-corrected chi connectivity index (χ4v) is 2.04. The monoisotopic (exact) mass is 300 g/mol. The third kappa shape index (κ3) is 8.84. The summed E-state index contributed by atoms with van der Waals surface area (Å²) in [5.74, 6) is 1.57. The Balaban J connectivity index is 0.000000324. The second-order valence-corrected chi connectivity index (χ2v) is 5.78. The fraction of sp³-hybridized carbons (Fsp3) is 0.444. The Morgan fingerprint density at radius 2 is 0.895 bits per heavy atom. The Bertz CT molecular complexity index is 339. The van der Waals surface area contributed by atoms with Gasteiger partial charge in [0.2, 0.25) is 0 Å². The normalized spacial score (nSPS) is 10.0. The maximum Gasteiger partial charge on any atom is 2.00 e. The molecule has 0 aromatic heterocycles. The number of hydrogen-bond acceptors (Lipinski definition) is 0. The molecule has 0 saturated carbocycles. The van der Waals surface area contributed by atoms with Crippen LogP contribution in [-0.2, 0) is 29.3 Å². The van der Waals surface area contributed by atoms with E-state index < -0.39 is 0 Å². The molecule has 0 nitrogen and oxygen atoms in total. The van der Waals surface area contributed by atoms with E-state index in [9.17, 15) is 0 Å². The van der Waals surface area contributed by atoms with E-state index in [0.29, 0.717) is 0 Å². The van der Waals surface area contributed by atoms with E-state index in [4.69, 9.17) is 0 Å². The molecule has 108 valence electrons. The van der Waals surface area contributed by atoms with Crippen LogP contribution in [0.4, 0.5) is 0 Å². The Morgan fingerprint density at radius 1 is 0.632 bits per heavy atom. The summed E-state index contributed by atoms with van der Waals surface area (Å²) in [5.41, 5.74) is 2.93. The van der Waals surface area contributed by atoms with Gasteiger partial charge in [0.25, 0.3) is 0 Å². The second kappa shape index (κ2) is 10.0. The molecule has 2 aromatic carbocycles. The topological polar surface area (TPSA) is 0 Å². The summed E-state index contributed by atoms with van der Waals surface area (Å²) in [7, 11) is 0. The van der Waals surface area contributed by atoms with E-state index in [1.54, 1.807) is 0 Å². The zero-order valence-electron chi connectivity index (χ0n) is 12.5. The van der Waals surface area contributed by atoms with Gasteiger partial charge in [-0.15, -0.1) is 0 Å². The molecule has 0 aliphatic carbocycles. The Morgan fingerprint density at radius 3 is 1.11 bits per heavy atom. The van der Waals surface area contributed by atoms with E-state index in [-0.39, 0.29) is 16.5 Å². The molecule has 0 heterocycles. The van der Waals surface area contributed by atoms with Crippen molar-refractivity contribution in [3.8, 4) is 0 Å². The molecule has 0 saturated heterocycles. The molecular weight excluding hydrogens is 275 g/mol. The molecule has 1 heteroatoms. The van der Waals surface area contributed by atoms with Crippen molar-refractivity contribution < 1.29 is 16.5 Å². The molecule has 0 atom stereocenters. The van der Waals surface area contributed by atoms with Crippen LogP contribution in [0, 0.1) is 11.8 Å². The van der Waals surface area contributed by atoms with Crippen LogP contribution in [0.2, 0.25) is 0 Å². The molecule has 2 rings (SSSR count). The molecule has 0 bridgehead atoms. The first kappa shape index (κ1) is 18.2. The molecule has 0 unspecified atom stereocenters. The van der Waals surface area contributed by atoms with Gasteiger partial charge >= 0.3 is 16.5 Å². The Kier molecular flexibility index (Phi) is 9.61. The Labute approximate surface area is 128 Å². The van der Waals surface area contributed by atoms with Gasteiger partial charge in [-0.1, -0.05) is 52.4 Å². The minimum absolute atomic E-state index is 0. The predicted molar refractivity (Wildman–Crippen MR) is 81.2 cm³/mol.